The molecular formula is C19H21N3O2. The Morgan fingerprint density at radius 2 is 1.83 bits per heavy atom. The molecule has 0 aliphatic rings. The van der Waals surface area contributed by atoms with E-state index in [2.05, 4.69) is 47.6 Å². The van der Waals surface area contributed by atoms with Crippen molar-refractivity contribution < 1.29 is 9.15 Å². The lowest BCUT2D eigenvalue weighted by molar-refractivity contribution is 0.307. The highest BCUT2D eigenvalue weighted by Crippen LogP contribution is 2.15. The third kappa shape index (κ3) is 4.13. The van der Waals surface area contributed by atoms with Crippen molar-refractivity contribution in [2.75, 3.05) is 11.9 Å². The van der Waals surface area contributed by atoms with E-state index >= 15 is 0 Å². The molecule has 0 fully saturated rings. The first-order valence-corrected chi connectivity index (χ1v) is 8.01. The lowest BCUT2D eigenvalue weighted by Gasteiger charge is -2.08. The van der Waals surface area contributed by atoms with Gasteiger partial charge in [0.1, 0.15) is 5.75 Å². The van der Waals surface area contributed by atoms with E-state index in [1.54, 1.807) is 0 Å². The number of anilines is 1. The largest absolute Gasteiger partial charge is 0.493 e. The van der Waals surface area contributed by atoms with Crippen molar-refractivity contribution in [2.45, 2.75) is 26.8 Å². The molecule has 0 saturated carbocycles. The maximum absolute atomic E-state index is 5.63. The highest BCUT2D eigenvalue weighted by Gasteiger charge is 2.07. The van der Waals surface area contributed by atoms with Crippen LogP contribution in [0.25, 0.3) is 0 Å². The van der Waals surface area contributed by atoms with Crippen LogP contribution in [0.15, 0.2) is 52.9 Å². The highest BCUT2D eigenvalue weighted by atomic mass is 16.5. The molecule has 3 rings (SSSR count). The first-order chi connectivity index (χ1) is 11.7. The van der Waals surface area contributed by atoms with Crippen molar-refractivity contribution in [1.82, 2.24) is 10.2 Å². The summed E-state index contributed by atoms with van der Waals surface area (Å²) < 4.78 is 11.2. The molecule has 0 unspecified atom stereocenters. The smallest absolute Gasteiger partial charge is 0.315 e. The topological polar surface area (TPSA) is 60.2 Å². The zero-order valence-electron chi connectivity index (χ0n) is 14.0. The third-order valence-corrected chi connectivity index (χ3v) is 3.94. The number of benzene rings is 2. The molecule has 0 amide bonds. The number of ether oxygens (including phenoxy) is 1. The quantitative estimate of drug-likeness (QED) is 0.714. The first kappa shape index (κ1) is 16.1. The molecule has 0 radical (unpaired) electrons. The Labute approximate surface area is 141 Å². The molecule has 0 aliphatic heterocycles. The summed E-state index contributed by atoms with van der Waals surface area (Å²) >= 11 is 0. The molecule has 124 valence electrons. The first-order valence-electron chi connectivity index (χ1n) is 8.01. The van der Waals surface area contributed by atoms with Crippen LogP contribution in [0.3, 0.4) is 0 Å². The van der Waals surface area contributed by atoms with Gasteiger partial charge < -0.3 is 14.5 Å². The summed E-state index contributed by atoms with van der Waals surface area (Å²) in [5, 5.41) is 11.2. The molecule has 0 bridgehead atoms. The molecule has 0 saturated heterocycles. The summed E-state index contributed by atoms with van der Waals surface area (Å²) in [5.41, 5.74) is 3.78. The van der Waals surface area contributed by atoms with Crippen LogP contribution < -0.4 is 10.1 Å². The van der Waals surface area contributed by atoms with Crippen LogP contribution in [-0.2, 0) is 13.0 Å². The van der Waals surface area contributed by atoms with E-state index in [-0.39, 0.29) is 0 Å². The van der Waals surface area contributed by atoms with Gasteiger partial charge in [0.15, 0.2) is 0 Å². The maximum Gasteiger partial charge on any atom is 0.315 e. The van der Waals surface area contributed by atoms with Gasteiger partial charge in [-0.2, -0.15) is 0 Å². The molecule has 1 aromatic heterocycles. The second kappa shape index (κ2) is 7.64. The average molecular weight is 323 g/mol. The van der Waals surface area contributed by atoms with Crippen LogP contribution in [0.5, 0.6) is 5.75 Å². The van der Waals surface area contributed by atoms with Gasteiger partial charge in [-0.05, 0) is 42.7 Å². The van der Waals surface area contributed by atoms with Crippen LogP contribution in [0.2, 0.25) is 0 Å². The SMILES string of the molecule is Cc1cccc(CNc2nnc(CCOc3ccccc3)o2)c1C. The number of aromatic nitrogens is 2. The second-order valence-corrected chi connectivity index (χ2v) is 5.63. The lowest BCUT2D eigenvalue weighted by atomic mass is 10.0. The summed E-state index contributed by atoms with van der Waals surface area (Å²) in [7, 11) is 0. The normalized spacial score (nSPS) is 10.6. The Balaban J connectivity index is 1.49. The zero-order valence-corrected chi connectivity index (χ0v) is 14.0. The van der Waals surface area contributed by atoms with E-state index in [9.17, 15) is 0 Å². The van der Waals surface area contributed by atoms with Gasteiger partial charge in [-0.3, -0.25) is 0 Å². The molecule has 5 nitrogen and oxygen atoms in total. The molecule has 1 heterocycles. The Hall–Kier alpha value is -2.82. The number of para-hydroxylation sites is 1. The van der Waals surface area contributed by atoms with Gasteiger partial charge in [0, 0.05) is 6.54 Å². The van der Waals surface area contributed by atoms with Crippen molar-refractivity contribution in [1.29, 1.82) is 0 Å². The fourth-order valence-electron chi connectivity index (χ4n) is 2.37. The number of rotatable bonds is 7. The van der Waals surface area contributed by atoms with Gasteiger partial charge in [-0.25, -0.2) is 0 Å². The van der Waals surface area contributed by atoms with Gasteiger partial charge in [0.25, 0.3) is 0 Å². The van der Waals surface area contributed by atoms with Crippen LogP contribution in [-0.4, -0.2) is 16.8 Å². The minimum atomic E-state index is 0.436. The van der Waals surface area contributed by atoms with Crippen LogP contribution in [0, 0.1) is 13.8 Å². The summed E-state index contributed by atoms with van der Waals surface area (Å²) in [4.78, 5) is 0. The van der Waals surface area contributed by atoms with E-state index in [4.69, 9.17) is 9.15 Å². The fraction of sp³-hybridized carbons (Fsp3) is 0.263. The Kier molecular flexibility index (Phi) is 5.11. The molecule has 24 heavy (non-hydrogen) atoms. The standard InChI is InChI=1S/C19H21N3O2/c1-14-7-6-8-16(15(14)2)13-20-19-22-21-18(24-19)11-12-23-17-9-4-3-5-10-17/h3-10H,11-13H2,1-2H3,(H,20,22). The number of nitrogens with zero attached hydrogens (tertiary/aromatic N) is 2. The van der Waals surface area contributed by atoms with Gasteiger partial charge in [0.05, 0.1) is 13.0 Å². The molecular weight excluding hydrogens is 302 g/mol. The van der Waals surface area contributed by atoms with Gasteiger partial charge in [-0.15, -0.1) is 5.10 Å². The van der Waals surface area contributed by atoms with Crippen molar-refractivity contribution in [2.24, 2.45) is 0 Å². The Morgan fingerprint density at radius 3 is 2.67 bits per heavy atom. The summed E-state index contributed by atoms with van der Waals surface area (Å²) in [6.07, 6.45) is 0.576. The number of aryl methyl sites for hydroxylation is 1. The fourth-order valence-corrected chi connectivity index (χ4v) is 2.37. The number of nitrogens with one attached hydrogen (secondary N) is 1. The Bertz CT molecular complexity index is 784. The summed E-state index contributed by atoms with van der Waals surface area (Å²) in [6.45, 7) is 5.39. The molecule has 3 aromatic rings. The van der Waals surface area contributed by atoms with E-state index in [1.807, 2.05) is 30.3 Å². The predicted molar refractivity (Wildman–Crippen MR) is 93.2 cm³/mol. The van der Waals surface area contributed by atoms with E-state index in [0.717, 1.165) is 5.75 Å². The number of hydrogen-bond donors (Lipinski definition) is 1. The van der Waals surface area contributed by atoms with E-state index < -0.39 is 0 Å². The molecule has 5 heteroatoms. The van der Waals surface area contributed by atoms with Crippen molar-refractivity contribution in [3.05, 3.63) is 71.1 Å². The molecule has 2 aromatic carbocycles. The third-order valence-electron chi connectivity index (χ3n) is 3.94. The summed E-state index contributed by atoms with van der Waals surface area (Å²) in [5.74, 6) is 1.40. The van der Waals surface area contributed by atoms with E-state index in [0.29, 0.717) is 31.5 Å². The molecule has 0 spiro atoms. The minimum Gasteiger partial charge on any atom is -0.493 e. The zero-order chi connectivity index (χ0) is 16.8. The van der Waals surface area contributed by atoms with Gasteiger partial charge in [0.2, 0.25) is 5.89 Å². The predicted octanol–water partition coefficient (Wildman–Crippen LogP) is 3.92. The van der Waals surface area contributed by atoms with Gasteiger partial charge >= 0.3 is 6.01 Å². The lowest BCUT2D eigenvalue weighted by Crippen LogP contribution is -2.02. The van der Waals surface area contributed by atoms with Crippen molar-refractivity contribution >= 4 is 6.01 Å². The molecule has 0 atom stereocenters. The minimum absolute atomic E-state index is 0.436. The van der Waals surface area contributed by atoms with Gasteiger partial charge in [-0.1, -0.05) is 41.5 Å². The second-order valence-electron chi connectivity index (χ2n) is 5.63. The van der Waals surface area contributed by atoms with Crippen LogP contribution in [0.4, 0.5) is 6.01 Å². The number of hydrogen-bond acceptors (Lipinski definition) is 5. The van der Waals surface area contributed by atoms with Crippen molar-refractivity contribution in [3.63, 3.8) is 0 Å². The maximum atomic E-state index is 5.63. The van der Waals surface area contributed by atoms with Crippen LogP contribution in [0.1, 0.15) is 22.6 Å². The Morgan fingerprint density at radius 1 is 1.00 bits per heavy atom. The summed E-state index contributed by atoms with van der Waals surface area (Å²) in [6, 6.07) is 16.4. The highest BCUT2D eigenvalue weighted by molar-refractivity contribution is 5.35. The van der Waals surface area contributed by atoms with Crippen molar-refractivity contribution in [3.8, 4) is 5.75 Å². The van der Waals surface area contributed by atoms with E-state index in [1.165, 1.54) is 16.7 Å². The van der Waals surface area contributed by atoms with Crippen LogP contribution >= 0.6 is 0 Å². The average Bonchev–Trinajstić information content (AvgIpc) is 3.05. The monoisotopic (exact) mass is 323 g/mol. The molecule has 1 N–H and O–H groups in total. The molecule has 0 aliphatic carbocycles.